The average Bonchev–Trinajstić information content (AvgIpc) is 2.29. The van der Waals surface area contributed by atoms with Gasteiger partial charge in [-0.05, 0) is 13.8 Å². The first-order chi connectivity index (χ1) is 6.02. The minimum atomic E-state index is -0.131. The largest absolute Gasteiger partial charge is 0.285 e. The predicted molar refractivity (Wildman–Crippen MR) is 49.2 cm³/mol. The van der Waals surface area contributed by atoms with Gasteiger partial charge < -0.3 is 0 Å². The molecule has 1 aromatic heterocycles. The van der Waals surface area contributed by atoms with Gasteiger partial charge in [0.25, 0.3) is 5.91 Å². The van der Waals surface area contributed by atoms with Gasteiger partial charge in [-0.15, -0.1) is 0 Å². The Hall–Kier alpha value is -1.36. The van der Waals surface area contributed by atoms with Crippen LogP contribution in [0.25, 0.3) is 0 Å². The van der Waals surface area contributed by atoms with Crippen molar-refractivity contribution in [3.8, 4) is 0 Å². The zero-order chi connectivity index (χ0) is 10.0. The number of H-pyrrole nitrogens is 1. The molecular weight excluding hydrogens is 168 g/mol. The number of aromatic nitrogens is 2. The van der Waals surface area contributed by atoms with Crippen molar-refractivity contribution in [1.29, 1.82) is 0 Å². The van der Waals surface area contributed by atoms with Crippen molar-refractivity contribution >= 4 is 5.91 Å². The van der Waals surface area contributed by atoms with Crippen LogP contribution in [-0.2, 0) is 0 Å². The second-order valence-electron chi connectivity index (χ2n) is 3.14. The van der Waals surface area contributed by atoms with E-state index in [9.17, 15) is 4.79 Å². The minimum Gasteiger partial charge on any atom is -0.285 e. The number of hydrogen-bond acceptors (Lipinski definition) is 3. The third-order valence-electron chi connectivity index (χ3n) is 1.68. The molecule has 1 heterocycles. The minimum absolute atomic E-state index is 0.131. The maximum Gasteiger partial charge on any atom is 0.269 e. The van der Waals surface area contributed by atoms with E-state index in [0.29, 0.717) is 5.56 Å². The molecule has 0 unspecified atom stereocenters. The van der Waals surface area contributed by atoms with Gasteiger partial charge in [-0.2, -0.15) is 5.10 Å². The van der Waals surface area contributed by atoms with Crippen LogP contribution in [0.1, 0.15) is 21.7 Å². The number of nitrogens with one attached hydrogen (secondary N) is 2. The van der Waals surface area contributed by atoms with E-state index in [1.165, 1.54) is 0 Å². The zero-order valence-corrected chi connectivity index (χ0v) is 8.30. The van der Waals surface area contributed by atoms with E-state index in [1.54, 1.807) is 26.0 Å². The van der Waals surface area contributed by atoms with Crippen LogP contribution in [0.4, 0.5) is 0 Å². The molecule has 0 radical (unpaired) electrons. The third-order valence-corrected chi connectivity index (χ3v) is 1.68. The molecule has 5 heteroatoms. The van der Waals surface area contributed by atoms with Crippen LogP contribution in [0.3, 0.4) is 0 Å². The van der Waals surface area contributed by atoms with Gasteiger partial charge in [-0.1, -0.05) is 0 Å². The summed E-state index contributed by atoms with van der Waals surface area (Å²) in [7, 11) is 3.53. The van der Waals surface area contributed by atoms with Crippen LogP contribution in [-0.4, -0.2) is 35.2 Å². The van der Waals surface area contributed by atoms with Gasteiger partial charge >= 0.3 is 0 Å². The summed E-state index contributed by atoms with van der Waals surface area (Å²) in [4.78, 5) is 11.5. The molecule has 0 saturated carbocycles. The number of carbonyl (C=O) groups excluding carboxylic acids is 1. The molecule has 0 aromatic carbocycles. The molecule has 0 aliphatic rings. The van der Waals surface area contributed by atoms with Crippen molar-refractivity contribution in [3.05, 3.63) is 17.0 Å². The van der Waals surface area contributed by atoms with Crippen LogP contribution in [0.5, 0.6) is 0 Å². The Bertz CT molecular complexity index is 296. The van der Waals surface area contributed by atoms with Gasteiger partial charge in [-0.3, -0.25) is 15.3 Å². The van der Waals surface area contributed by atoms with Gasteiger partial charge in [0.2, 0.25) is 0 Å². The molecule has 1 aromatic rings. The van der Waals surface area contributed by atoms with Crippen molar-refractivity contribution < 1.29 is 4.79 Å². The summed E-state index contributed by atoms with van der Waals surface area (Å²) >= 11 is 0. The van der Waals surface area contributed by atoms with E-state index >= 15 is 0 Å². The Morgan fingerprint density at radius 2 is 2.08 bits per heavy atom. The Kier molecular flexibility index (Phi) is 2.67. The number of rotatable bonds is 2. The molecule has 13 heavy (non-hydrogen) atoms. The van der Waals surface area contributed by atoms with Crippen molar-refractivity contribution in [2.24, 2.45) is 0 Å². The quantitative estimate of drug-likeness (QED) is 0.644. The smallest absolute Gasteiger partial charge is 0.269 e. The molecule has 1 amide bonds. The molecule has 72 valence electrons. The molecule has 0 atom stereocenters. The molecule has 2 N–H and O–H groups in total. The molecule has 1 rings (SSSR count). The molecule has 5 nitrogen and oxygen atoms in total. The van der Waals surface area contributed by atoms with Crippen molar-refractivity contribution in [1.82, 2.24) is 20.6 Å². The highest BCUT2D eigenvalue weighted by atomic mass is 16.2. The number of amides is 1. The third kappa shape index (κ3) is 2.06. The lowest BCUT2D eigenvalue weighted by atomic mass is 10.2. The lowest BCUT2D eigenvalue weighted by Crippen LogP contribution is -2.36. The number of hydrazine groups is 1. The molecule has 0 saturated heterocycles. The first-order valence-electron chi connectivity index (χ1n) is 4.02. The van der Waals surface area contributed by atoms with Crippen LogP contribution >= 0.6 is 0 Å². The highest BCUT2D eigenvalue weighted by Gasteiger charge is 2.14. The van der Waals surface area contributed by atoms with Gasteiger partial charge in [0, 0.05) is 19.8 Å². The number of aryl methyl sites for hydroxylation is 2. The van der Waals surface area contributed by atoms with Gasteiger partial charge in [0.05, 0.1) is 11.3 Å². The standard InChI is InChI=1S/C8H14N4O/c1-5-7(6(2)10-9-5)8(13)11-12(3)4/h1-4H3,(H,9,10)(H,11,13). The molecule has 0 spiro atoms. The Balaban J connectivity index is 2.88. The fourth-order valence-corrected chi connectivity index (χ4v) is 1.14. The topological polar surface area (TPSA) is 61.0 Å². The fourth-order valence-electron chi connectivity index (χ4n) is 1.14. The van der Waals surface area contributed by atoms with E-state index in [1.807, 2.05) is 6.92 Å². The van der Waals surface area contributed by atoms with Gasteiger partial charge in [-0.25, -0.2) is 5.01 Å². The zero-order valence-electron chi connectivity index (χ0n) is 8.30. The molecular formula is C8H14N4O. The van der Waals surface area contributed by atoms with Gasteiger partial charge in [0.15, 0.2) is 0 Å². The maximum absolute atomic E-state index is 11.5. The summed E-state index contributed by atoms with van der Waals surface area (Å²) in [5.74, 6) is -0.131. The lowest BCUT2D eigenvalue weighted by molar-refractivity contribution is 0.0855. The van der Waals surface area contributed by atoms with E-state index in [0.717, 1.165) is 11.4 Å². The van der Waals surface area contributed by atoms with Crippen molar-refractivity contribution in [2.75, 3.05) is 14.1 Å². The summed E-state index contributed by atoms with van der Waals surface area (Å²) in [6.07, 6.45) is 0. The van der Waals surface area contributed by atoms with Gasteiger partial charge in [0.1, 0.15) is 0 Å². The number of hydrogen-bond donors (Lipinski definition) is 2. The fraction of sp³-hybridized carbons (Fsp3) is 0.500. The maximum atomic E-state index is 11.5. The predicted octanol–water partition coefficient (Wildman–Crippen LogP) is 0.233. The van der Waals surface area contributed by atoms with E-state index in [-0.39, 0.29) is 5.91 Å². The first-order valence-corrected chi connectivity index (χ1v) is 4.02. The Morgan fingerprint density at radius 3 is 2.46 bits per heavy atom. The van der Waals surface area contributed by atoms with E-state index < -0.39 is 0 Å². The molecule has 0 aliphatic heterocycles. The second-order valence-corrected chi connectivity index (χ2v) is 3.14. The van der Waals surface area contributed by atoms with Crippen LogP contribution < -0.4 is 5.43 Å². The van der Waals surface area contributed by atoms with Crippen molar-refractivity contribution in [2.45, 2.75) is 13.8 Å². The SMILES string of the molecule is Cc1n[nH]c(C)c1C(=O)NN(C)C. The van der Waals surface area contributed by atoms with Crippen LogP contribution in [0, 0.1) is 13.8 Å². The second kappa shape index (κ2) is 3.57. The summed E-state index contributed by atoms with van der Waals surface area (Å²) in [6, 6.07) is 0. The number of nitrogens with zero attached hydrogens (tertiary/aromatic N) is 2. The Morgan fingerprint density at radius 1 is 1.46 bits per heavy atom. The van der Waals surface area contributed by atoms with Crippen molar-refractivity contribution in [3.63, 3.8) is 0 Å². The lowest BCUT2D eigenvalue weighted by Gasteiger charge is -2.11. The Labute approximate surface area is 77.1 Å². The first kappa shape index (κ1) is 9.73. The monoisotopic (exact) mass is 182 g/mol. The summed E-state index contributed by atoms with van der Waals surface area (Å²) < 4.78 is 0. The summed E-state index contributed by atoms with van der Waals surface area (Å²) in [5.41, 5.74) is 4.79. The highest BCUT2D eigenvalue weighted by molar-refractivity contribution is 5.95. The normalized spacial score (nSPS) is 10.5. The summed E-state index contributed by atoms with van der Waals surface area (Å²) in [5, 5.41) is 8.31. The van der Waals surface area contributed by atoms with Crippen LogP contribution in [0.2, 0.25) is 0 Å². The van der Waals surface area contributed by atoms with E-state index in [2.05, 4.69) is 15.6 Å². The molecule has 0 bridgehead atoms. The summed E-state index contributed by atoms with van der Waals surface area (Å²) in [6.45, 7) is 3.62. The number of aromatic amines is 1. The highest BCUT2D eigenvalue weighted by Crippen LogP contribution is 2.08. The molecule has 0 fully saturated rings. The number of carbonyl (C=O) groups is 1. The van der Waals surface area contributed by atoms with E-state index in [4.69, 9.17) is 0 Å². The van der Waals surface area contributed by atoms with Crippen LogP contribution in [0.15, 0.2) is 0 Å². The average molecular weight is 182 g/mol. The molecule has 0 aliphatic carbocycles.